The van der Waals surface area contributed by atoms with Crippen molar-refractivity contribution in [1.29, 1.82) is 0 Å². The van der Waals surface area contributed by atoms with Gasteiger partial charge in [0.2, 0.25) is 0 Å². The molecule has 0 aromatic heterocycles. The van der Waals surface area contributed by atoms with Crippen LogP contribution in [0.15, 0.2) is 0 Å². The molecular weight excluding hydrogens is 162 g/mol. The van der Waals surface area contributed by atoms with Gasteiger partial charge in [-0.3, -0.25) is 0 Å². The summed E-state index contributed by atoms with van der Waals surface area (Å²) in [6.07, 6.45) is 8.13. The third kappa shape index (κ3) is 2.44. The molecule has 0 amide bonds. The van der Waals surface area contributed by atoms with Gasteiger partial charge in [-0.15, -0.1) is 0 Å². The van der Waals surface area contributed by atoms with Crippen molar-refractivity contribution in [3.63, 3.8) is 0 Å². The summed E-state index contributed by atoms with van der Waals surface area (Å²) in [5.74, 6) is 1.61. The highest BCUT2D eigenvalue weighted by Crippen LogP contribution is 2.32. The van der Waals surface area contributed by atoms with Gasteiger partial charge in [-0.05, 0) is 24.7 Å². The summed E-state index contributed by atoms with van der Waals surface area (Å²) in [4.78, 5) is 0. The lowest BCUT2D eigenvalue weighted by molar-refractivity contribution is 0.0325. The van der Waals surface area contributed by atoms with Crippen molar-refractivity contribution in [2.75, 3.05) is 13.2 Å². The second-order valence-corrected chi connectivity index (χ2v) is 4.67. The molecule has 2 N–H and O–H groups in total. The van der Waals surface area contributed by atoms with E-state index in [1.807, 2.05) is 0 Å². The Bertz CT molecular complexity index is 154. The van der Waals surface area contributed by atoms with Crippen molar-refractivity contribution in [3.8, 4) is 0 Å². The Morgan fingerprint density at radius 3 is 2.62 bits per heavy atom. The number of hydrogen-bond donors (Lipinski definition) is 1. The molecular formula is C11H21NO. The summed E-state index contributed by atoms with van der Waals surface area (Å²) in [6, 6.07) is 0.411. The molecule has 0 radical (unpaired) electrons. The van der Waals surface area contributed by atoms with Gasteiger partial charge in [0.15, 0.2) is 0 Å². The molecule has 2 heteroatoms. The van der Waals surface area contributed by atoms with Crippen LogP contribution in [0, 0.1) is 11.8 Å². The van der Waals surface area contributed by atoms with Crippen LogP contribution < -0.4 is 5.73 Å². The lowest BCUT2D eigenvalue weighted by Crippen LogP contribution is -2.39. The predicted molar refractivity (Wildman–Crippen MR) is 53.5 cm³/mol. The Labute approximate surface area is 80.8 Å². The molecule has 2 nitrogen and oxygen atoms in total. The molecule has 2 unspecified atom stereocenters. The molecule has 2 fully saturated rings. The Kier molecular flexibility index (Phi) is 3.23. The van der Waals surface area contributed by atoms with Crippen molar-refractivity contribution in [2.24, 2.45) is 17.6 Å². The van der Waals surface area contributed by atoms with E-state index in [1.54, 1.807) is 0 Å². The topological polar surface area (TPSA) is 35.2 Å². The van der Waals surface area contributed by atoms with E-state index in [-0.39, 0.29) is 0 Å². The molecule has 1 aliphatic heterocycles. The van der Waals surface area contributed by atoms with E-state index in [1.165, 1.54) is 32.1 Å². The molecule has 0 aromatic carbocycles. The van der Waals surface area contributed by atoms with Gasteiger partial charge in [-0.25, -0.2) is 0 Å². The van der Waals surface area contributed by atoms with Crippen LogP contribution >= 0.6 is 0 Å². The van der Waals surface area contributed by atoms with Gasteiger partial charge in [0.05, 0.1) is 6.61 Å². The summed E-state index contributed by atoms with van der Waals surface area (Å²) in [5.41, 5.74) is 6.08. The zero-order chi connectivity index (χ0) is 9.10. The van der Waals surface area contributed by atoms with Crippen LogP contribution in [-0.2, 0) is 4.74 Å². The van der Waals surface area contributed by atoms with Crippen molar-refractivity contribution in [1.82, 2.24) is 0 Å². The Hall–Kier alpha value is -0.0800. The van der Waals surface area contributed by atoms with E-state index in [2.05, 4.69) is 0 Å². The lowest BCUT2D eigenvalue weighted by Gasteiger charge is -2.30. The monoisotopic (exact) mass is 183 g/mol. The van der Waals surface area contributed by atoms with Crippen LogP contribution in [0.5, 0.6) is 0 Å². The summed E-state index contributed by atoms with van der Waals surface area (Å²) in [5, 5.41) is 0. The minimum atomic E-state index is 0.411. The van der Waals surface area contributed by atoms with E-state index >= 15 is 0 Å². The third-order valence-electron chi connectivity index (χ3n) is 3.64. The normalized spacial score (nSPS) is 36.7. The Balaban J connectivity index is 1.78. The second-order valence-electron chi connectivity index (χ2n) is 4.67. The molecule has 0 bridgehead atoms. The second kappa shape index (κ2) is 4.43. The van der Waals surface area contributed by atoms with Crippen LogP contribution in [0.1, 0.15) is 38.5 Å². The molecule has 2 atom stereocenters. The van der Waals surface area contributed by atoms with Crippen molar-refractivity contribution in [2.45, 2.75) is 44.6 Å². The minimum Gasteiger partial charge on any atom is -0.381 e. The number of hydrogen-bond acceptors (Lipinski definition) is 2. The third-order valence-corrected chi connectivity index (χ3v) is 3.64. The van der Waals surface area contributed by atoms with Crippen molar-refractivity contribution >= 4 is 0 Å². The molecule has 1 aliphatic carbocycles. The first kappa shape index (κ1) is 9.47. The maximum Gasteiger partial charge on any atom is 0.0509 e. The fraction of sp³-hybridized carbons (Fsp3) is 1.00. The quantitative estimate of drug-likeness (QED) is 0.710. The van der Waals surface area contributed by atoms with Crippen molar-refractivity contribution < 1.29 is 4.74 Å². The summed E-state index contributed by atoms with van der Waals surface area (Å²) in [6.45, 7) is 1.79. The van der Waals surface area contributed by atoms with Crippen LogP contribution in [0.2, 0.25) is 0 Å². The van der Waals surface area contributed by atoms with E-state index in [9.17, 15) is 0 Å². The average molecular weight is 183 g/mol. The number of ether oxygens (including phenoxy) is 1. The molecule has 76 valence electrons. The number of nitrogens with two attached hydrogens (primary N) is 1. The zero-order valence-corrected chi connectivity index (χ0v) is 8.37. The molecule has 1 heterocycles. The highest BCUT2D eigenvalue weighted by molar-refractivity contribution is 4.80. The fourth-order valence-corrected chi connectivity index (χ4v) is 2.73. The van der Waals surface area contributed by atoms with Gasteiger partial charge < -0.3 is 10.5 Å². The smallest absolute Gasteiger partial charge is 0.0509 e. The van der Waals surface area contributed by atoms with Crippen molar-refractivity contribution in [3.05, 3.63) is 0 Å². The highest BCUT2D eigenvalue weighted by atomic mass is 16.5. The molecule has 2 aliphatic rings. The van der Waals surface area contributed by atoms with Crippen LogP contribution in [0.25, 0.3) is 0 Å². The molecule has 1 saturated carbocycles. The molecule has 0 aromatic rings. The van der Waals surface area contributed by atoms with Gasteiger partial charge in [0.25, 0.3) is 0 Å². The van der Waals surface area contributed by atoms with E-state index in [4.69, 9.17) is 10.5 Å². The molecule has 0 spiro atoms. The summed E-state index contributed by atoms with van der Waals surface area (Å²) >= 11 is 0. The van der Waals surface area contributed by atoms with E-state index in [0.717, 1.165) is 25.6 Å². The summed E-state index contributed by atoms with van der Waals surface area (Å²) < 4.78 is 5.48. The van der Waals surface area contributed by atoms with Crippen LogP contribution in [0.3, 0.4) is 0 Å². The first-order chi connectivity index (χ1) is 6.36. The van der Waals surface area contributed by atoms with Gasteiger partial charge in [-0.1, -0.05) is 25.7 Å². The Morgan fingerprint density at radius 2 is 1.92 bits per heavy atom. The van der Waals surface area contributed by atoms with Gasteiger partial charge in [0, 0.05) is 12.6 Å². The van der Waals surface area contributed by atoms with Gasteiger partial charge in [0.1, 0.15) is 0 Å². The maximum atomic E-state index is 6.08. The predicted octanol–water partition coefficient (Wildman–Crippen LogP) is 1.93. The minimum absolute atomic E-state index is 0.411. The standard InChI is InChI=1S/C11H21NO/c12-11-5-6-13-8-10(11)7-9-3-1-2-4-9/h9-11H,1-8,12H2. The molecule has 2 rings (SSSR count). The van der Waals surface area contributed by atoms with E-state index in [0.29, 0.717) is 12.0 Å². The lowest BCUT2D eigenvalue weighted by atomic mass is 9.86. The summed E-state index contributed by atoms with van der Waals surface area (Å²) in [7, 11) is 0. The van der Waals surface area contributed by atoms with Gasteiger partial charge >= 0.3 is 0 Å². The SMILES string of the molecule is NC1CCOCC1CC1CCCC1. The molecule has 13 heavy (non-hydrogen) atoms. The average Bonchev–Trinajstić information content (AvgIpc) is 2.61. The van der Waals surface area contributed by atoms with Crippen LogP contribution in [0.4, 0.5) is 0 Å². The van der Waals surface area contributed by atoms with E-state index < -0.39 is 0 Å². The maximum absolute atomic E-state index is 6.08. The fourth-order valence-electron chi connectivity index (χ4n) is 2.73. The van der Waals surface area contributed by atoms with Crippen LogP contribution in [-0.4, -0.2) is 19.3 Å². The highest BCUT2D eigenvalue weighted by Gasteiger charge is 2.26. The first-order valence-electron chi connectivity index (χ1n) is 5.69. The first-order valence-corrected chi connectivity index (χ1v) is 5.69. The zero-order valence-electron chi connectivity index (χ0n) is 8.37. The van der Waals surface area contributed by atoms with Gasteiger partial charge in [-0.2, -0.15) is 0 Å². The largest absolute Gasteiger partial charge is 0.381 e. The molecule has 1 saturated heterocycles. The number of rotatable bonds is 2. The Morgan fingerprint density at radius 1 is 1.15 bits per heavy atom.